The second-order valence-electron chi connectivity index (χ2n) is 4.25. The van der Waals surface area contributed by atoms with Crippen molar-refractivity contribution >= 4 is 11.6 Å². The van der Waals surface area contributed by atoms with E-state index in [2.05, 4.69) is 4.98 Å². The number of hydrogen-bond acceptors (Lipinski definition) is 3. The molecule has 16 heavy (non-hydrogen) atoms. The molecule has 1 aliphatic carbocycles. The van der Waals surface area contributed by atoms with Gasteiger partial charge in [0.1, 0.15) is 17.2 Å². The minimum absolute atomic E-state index is 0.0877. The van der Waals surface area contributed by atoms with Crippen molar-refractivity contribution in [1.82, 2.24) is 9.55 Å². The van der Waals surface area contributed by atoms with Gasteiger partial charge in [0, 0.05) is 13.0 Å². The number of aryl methyl sites for hydroxylation is 1. The van der Waals surface area contributed by atoms with Crippen molar-refractivity contribution in [3.05, 3.63) is 29.4 Å². The zero-order chi connectivity index (χ0) is 11.1. The third-order valence-corrected chi connectivity index (χ3v) is 3.18. The molecule has 0 spiro atoms. The summed E-state index contributed by atoms with van der Waals surface area (Å²) < 4.78 is 1.94. The molecule has 0 N–H and O–H groups in total. The largest absolute Gasteiger partial charge is 0.325 e. The molecule has 82 valence electrons. The normalized spacial score (nSPS) is 19.2. The Morgan fingerprint density at radius 2 is 1.88 bits per heavy atom. The molecule has 0 radical (unpaired) electrons. The molecular weight excluding hydrogens is 204 g/mol. The summed E-state index contributed by atoms with van der Waals surface area (Å²) in [7, 11) is 0. The van der Waals surface area contributed by atoms with E-state index in [-0.39, 0.29) is 11.6 Å². The first-order valence-corrected chi connectivity index (χ1v) is 5.63. The van der Waals surface area contributed by atoms with Gasteiger partial charge in [-0.15, -0.1) is 0 Å². The average Bonchev–Trinajstić information content (AvgIpc) is 2.49. The molecule has 0 aromatic carbocycles. The summed E-state index contributed by atoms with van der Waals surface area (Å²) in [5, 5.41) is 0. The van der Waals surface area contributed by atoms with Gasteiger partial charge in [-0.1, -0.05) is 6.42 Å². The lowest BCUT2D eigenvalue weighted by Gasteiger charge is -2.08. The van der Waals surface area contributed by atoms with Gasteiger partial charge in [0.2, 0.25) is 11.6 Å². The highest BCUT2D eigenvalue weighted by atomic mass is 16.1. The van der Waals surface area contributed by atoms with Crippen LogP contribution in [0.25, 0.3) is 0 Å². The smallest absolute Gasteiger partial charge is 0.206 e. The number of allylic oxidation sites excluding steroid dienone is 2. The molecule has 4 heteroatoms. The van der Waals surface area contributed by atoms with Crippen LogP contribution < -0.4 is 0 Å². The highest BCUT2D eigenvalue weighted by Crippen LogP contribution is 2.23. The Balaban J connectivity index is 2.19. The summed E-state index contributed by atoms with van der Waals surface area (Å²) in [6, 6.07) is 0. The zero-order valence-corrected chi connectivity index (χ0v) is 8.90. The summed E-state index contributed by atoms with van der Waals surface area (Å²) in [6.45, 7) is 0.810. The summed E-state index contributed by atoms with van der Waals surface area (Å²) in [5.41, 5.74) is 0.855. The summed E-state index contributed by atoms with van der Waals surface area (Å²) >= 11 is 0. The van der Waals surface area contributed by atoms with Gasteiger partial charge >= 0.3 is 0 Å². The van der Waals surface area contributed by atoms with E-state index in [0.29, 0.717) is 11.4 Å². The van der Waals surface area contributed by atoms with Crippen molar-refractivity contribution in [3.63, 3.8) is 0 Å². The predicted molar refractivity (Wildman–Crippen MR) is 57.6 cm³/mol. The average molecular weight is 216 g/mol. The molecule has 1 aromatic rings. The van der Waals surface area contributed by atoms with Gasteiger partial charge in [-0.3, -0.25) is 9.59 Å². The Hall–Kier alpha value is -1.71. The van der Waals surface area contributed by atoms with Gasteiger partial charge in [0.15, 0.2) is 0 Å². The number of carbonyl (C=O) groups excluding carboxylic acids is 2. The number of imidazole rings is 1. The number of hydrogen-bond donors (Lipinski definition) is 0. The molecule has 0 saturated heterocycles. The number of carbonyl (C=O) groups is 2. The molecule has 3 rings (SSSR count). The van der Waals surface area contributed by atoms with Gasteiger partial charge in [-0.25, -0.2) is 4.98 Å². The van der Waals surface area contributed by atoms with E-state index in [4.69, 9.17) is 0 Å². The third-order valence-electron chi connectivity index (χ3n) is 3.18. The van der Waals surface area contributed by atoms with E-state index in [9.17, 15) is 9.59 Å². The van der Waals surface area contributed by atoms with E-state index in [1.165, 1.54) is 12.2 Å². The van der Waals surface area contributed by atoms with Crippen LogP contribution >= 0.6 is 0 Å². The molecule has 2 aliphatic rings. The lowest BCUT2D eigenvalue weighted by Crippen LogP contribution is -2.16. The summed E-state index contributed by atoms with van der Waals surface area (Å²) in [5.74, 6) is 0.665. The van der Waals surface area contributed by atoms with Gasteiger partial charge in [-0.2, -0.15) is 0 Å². The molecular formula is C12H12N2O2. The standard InChI is InChI=1S/C12H12N2O2/c15-8-5-6-9(16)12-11(8)13-10-4-2-1-3-7-14(10)12/h5-6H,1-4,7H2. The van der Waals surface area contributed by atoms with Crippen molar-refractivity contribution in [2.24, 2.45) is 0 Å². The molecule has 0 fully saturated rings. The van der Waals surface area contributed by atoms with Crippen LogP contribution in [0.4, 0.5) is 0 Å². The molecule has 0 atom stereocenters. The van der Waals surface area contributed by atoms with E-state index in [1.54, 1.807) is 0 Å². The van der Waals surface area contributed by atoms with Crippen molar-refractivity contribution < 1.29 is 9.59 Å². The molecule has 4 nitrogen and oxygen atoms in total. The number of ketones is 2. The van der Waals surface area contributed by atoms with E-state index in [1.807, 2.05) is 4.57 Å². The molecule has 0 bridgehead atoms. The predicted octanol–water partition coefficient (Wildman–Crippen LogP) is 1.54. The fraction of sp³-hybridized carbons (Fsp3) is 0.417. The number of fused-ring (bicyclic) bond motifs is 3. The third kappa shape index (κ3) is 1.26. The molecule has 1 aromatic heterocycles. The Morgan fingerprint density at radius 3 is 2.75 bits per heavy atom. The maximum Gasteiger partial charge on any atom is 0.206 e. The minimum atomic E-state index is -0.143. The monoisotopic (exact) mass is 216 g/mol. The Morgan fingerprint density at radius 1 is 1.06 bits per heavy atom. The van der Waals surface area contributed by atoms with Crippen LogP contribution in [0, 0.1) is 0 Å². The SMILES string of the molecule is O=C1C=CC(=O)c2c1nc1n2CCCCC1. The van der Waals surface area contributed by atoms with Crippen LogP contribution in [0.2, 0.25) is 0 Å². The maximum absolute atomic E-state index is 11.8. The Labute approximate surface area is 93.0 Å². The van der Waals surface area contributed by atoms with Crippen LogP contribution in [0.15, 0.2) is 12.2 Å². The van der Waals surface area contributed by atoms with Crippen molar-refractivity contribution in [2.45, 2.75) is 32.2 Å². The van der Waals surface area contributed by atoms with Gasteiger partial charge in [0.05, 0.1) is 0 Å². The molecule has 1 aliphatic heterocycles. The fourth-order valence-electron chi connectivity index (χ4n) is 2.39. The highest BCUT2D eigenvalue weighted by molar-refractivity contribution is 6.20. The number of aromatic nitrogens is 2. The first kappa shape index (κ1) is 9.51. The molecule has 0 amide bonds. The Kier molecular flexibility index (Phi) is 2.02. The minimum Gasteiger partial charge on any atom is -0.325 e. The lowest BCUT2D eigenvalue weighted by molar-refractivity contribution is 0.0986. The highest BCUT2D eigenvalue weighted by Gasteiger charge is 2.28. The maximum atomic E-state index is 11.8. The van der Waals surface area contributed by atoms with Crippen LogP contribution in [-0.4, -0.2) is 21.1 Å². The topological polar surface area (TPSA) is 52.0 Å². The van der Waals surface area contributed by atoms with Gasteiger partial charge in [-0.05, 0) is 25.0 Å². The fourth-order valence-corrected chi connectivity index (χ4v) is 2.39. The second-order valence-corrected chi connectivity index (χ2v) is 4.25. The zero-order valence-electron chi connectivity index (χ0n) is 8.90. The van der Waals surface area contributed by atoms with Gasteiger partial charge in [0.25, 0.3) is 0 Å². The molecule has 0 unspecified atom stereocenters. The first-order valence-electron chi connectivity index (χ1n) is 5.63. The quantitative estimate of drug-likeness (QED) is 0.661. The molecule has 0 saturated carbocycles. The van der Waals surface area contributed by atoms with Crippen LogP contribution in [0.5, 0.6) is 0 Å². The first-order chi connectivity index (χ1) is 7.77. The summed E-state index contributed by atoms with van der Waals surface area (Å²) in [6.07, 6.45) is 6.85. The van der Waals surface area contributed by atoms with Crippen LogP contribution in [0.3, 0.4) is 0 Å². The van der Waals surface area contributed by atoms with E-state index in [0.717, 1.165) is 38.1 Å². The summed E-state index contributed by atoms with van der Waals surface area (Å²) in [4.78, 5) is 27.7. The number of nitrogens with zero attached hydrogens (tertiary/aromatic N) is 2. The van der Waals surface area contributed by atoms with E-state index < -0.39 is 0 Å². The number of rotatable bonds is 0. The second kappa shape index (κ2) is 3.40. The van der Waals surface area contributed by atoms with Crippen LogP contribution in [0.1, 0.15) is 46.1 Å². The van der Waals surface area contributed by atoms with Gasteiger partial charge < -0.3 is 4.57 Å². The molecule has 2 heterocycles. The van der Waals surface area contributed by atoms with Crippen molar-refractivity contribution in [1.29, 1.82) is 0 Å². The van der Waals surface area contributed by atoms with Crippen molar-refractivity contribution in [2.75, 3.05) is 0 Å². The van der Waals surface area contributed by atoms with Crippen molar-refractivity contribution in [3.8, 4) is 0 Å². The lowest BCUT2D eigenvalue weighted by atomic mass is 10.1. The van der Waals surface area contributed by atoms with Crippen LogP contribution in [-0.2, 0) is 13.0 Å². The van der Waals surface area contributed by atoms with E-state index >= 15 is 0 Å². The Bertz CT molecular complexity index is 511.